The summed E-state index contributed by atoms with van der Waals surface area (Å²) in [5.41, 5.74) is 3.97. The quantitative estimate of drug-likeness (QED) is 0.306. The molecule has 3 aliphatic carbocycles. The molecule has 1 aromatic heterocycles. The molecule has 1 saturated heterocycles. The molecule has 2 saturated carbocycles. The number of likely N-dealkylation sites (N-methyl/N-ethyl adjacent to an activating group) is 2. The van der Waals surface area contributed by atoms with E-state index >= 15 is 0 Å². The maximum atomic E-state index is 14.3. The smallest absolute Gasteiger partial charge is 0.235 e. The number of hydrogen-bond donors (Lipinski definition) is 4. The van der Waals surface area contributed by atoms with E-state index in [1.807, 2.05) is 11.0 Å². The number of nitrogens with one attached hydrogen (secondary N) is 1. The summed E-state index contributed by atoms with van der Waals surface area (Å²) in [5, 5.41) is 26.1. The van der Waals surface area contributed by atoms with Crippen molar-refractivity contribution in [2.45, 2.75) is 31.0 Å². The Hall–Kier alpha value is -3.91. The first kappa shape index (κ1) is 31.1. The summed E-state index contributed by atoms with van der Waals surface area (Å²) in [6, 6.07) is 4.13. The summed E-state index contributed by atoms with van der Waals surface area (Å²) in [6.07, 6.45) is 0.159. The van der Waals surface area contributed by atoms with Gasteiger partial charge in [-0.2, -0.15) is 0 Å². The summed E-state index contributed by atoms with van der Waals surface area (Å²) in [4.78, 5) is 73.3. The second-order valence-electron chi connectivity index (χ2n) is 13.0. The molecule has 0 radical (unpaired) electrons. The standard InChI is InChI=1S/C32H39N5O8/c1-34-25-19-12-15-11-17-20(35(2)3)13-18(21-6-5-16(45-21)14-37-9-7-36(4)8-10-37)26(38)23(17)27(39)22(15)29(41)32(19,44)30(42)24(28(25)40)31(33)43/h5-6,13,15,19,22,24-25,34,38,44H,7-12,14H2,1-4H3,(H2,33,43)/t15-,19-,22?,24?,25-,32-/m0/s1. The number of nitrogens with zero attached hydrogens (tertiary/aromatic N) is 3. The molecule has 6 rings (SSSR count). The maximum absolute atomic E-state index is 14.3. The van der Waals surface area contributed by atoms with Gasteiger partial charge in [0.15, 0.2) is 34.7 Å². The lowest BCUT2D eigenvalue weighted by Crippen LogP contribution is -2.74. The lowest BCUT2D eigenvalue weighted by Gasteiger charge is -2.51. The number of furan rings is 1. The van der Waals surface area contributed by atoms with Crippen molar-refractivity contribution in [3.63, 3.8) is 0 Å². The third-order valence-corrected chi connectivity index (χ3v) is 10.2. The van der Waals surface area contributed by atoms with Gasteiger partial charge in [-0.3, -0.25) is 28.9 Å². The molecule has 1 aromatic carbocycles. The number of primary amides is 1. The Morgan fingerprint density at radius 2 is 1.82 bits per heavy atom. The van der Waals surface area contributed by atoms with E-state index in [4.69, 9.17) is 10.2 Å². The number of rotatable bonds is 6. The molecule has 5 N–H and O–H groups in total. The molecule has 240 valence electrons. The van der Waals surface area contributed by atoms with Crippen LogP contribution in [-0.4, -0.2) is 115 Å². The van der Waals surface area contributed by atoms with Gasteiger partial charge in [-0.15, -0.1) is 0 Å². The highest BCUT2D eigenvalue weighted by atomic mass is 16.3. The van der Waals surface area contributed by atoms with E-state index in [1.165, 1.54) is 7.05 Å². The van der Waals surface area contributed by atoms with Crippen LogP contribution < -0.4 is 16.0 Å². The number of aliphatic hydroxyl groups is 1. The van der Waals surface area contributed by atoms with Crippen molar-refractivity contribution < 1.29 is 38.6 Å². The topological polar surface area (TPSA) is 187 Å². The van der Waals surface area contributed by atoms with E-state index in [2.05, 4.69) is 22.2 Å². The average molecular weight is 622 g/mol. The number of phenols is 1. The van der Waals surface area contributed by atoms with Crippen molar-refractivity contribution in [2.75, 3.05) is 59.3 Å². The van der Waals surface area contributed by atoms with Crippen LogP contribution in [0.2, 0.25) is 0 Å². The number of carbonyl (C=O) groups excluding carboxylic acids is 5. The van der Waals surface area contributed by atoms with Crippen LogP contribution in [-0.2, 0) is 32.1 Å². The van der Waals surface area contributed by atoms with Crippen LogP contribution in [0.15, 0.2) is 22.6 Å². The van der Waals surface area contributed by atoms with E-state index in [0.29, 0.717) is 29.3 Å². The van der Waals surface area contributed by atoms with Crippen molar-refractivity contribution in [1.82, 2.24) is 15.1 Å². The van der Waals surface area contributed by atoms with Gasteiger partial charge in [0.25, 0.3) is 0 Å². The fourth-order valence-electron chi connectivity index (χ4n) is 7.83. The number of carbonyl (C=O) groups is 5. The van der Waals surface area contributed by atoms with Crippen molar-refractivity contribution >= 4 is 34.7 Å². The van der Waals surface area contributed by atoms with Gasteiger partial charge in [0.1, 0.15) is 17.3 Å². The molecule has 2 unspecified atom stereocenters. The number of piperazine rings is 1. The lowest BCUT2D eigenvalue weighted by molar-refractivity contribution is -0.178. The van der Waals surface area contributed by atoms with Crippen molar-refractivity contribution in [2.24, 2.45) is 29.4 Å². The van der Waals surface area contributed by atoms with Crippen molar-refractivity contribution in [3.8, 4) is 17.1 Å². The Labute approximate surface area is 260 Å². The molecular formula is C32H39N5O8. The van der Waals surface area contributed by atoms with Crippen LogP contribution in [0.25, 0.3) is 11.3 Å². The van der Waals surface area contributed by atoms with Crippen LogP contribution in [0, 0.1) is 23.7 Å². The molecular weight excluding hydrogens is 582 g/mol. The zero-order chi connectivity index (χ0) is 32.5. The van der Waals surface area contributed by atoms with Gasteiger partial charge < -0.3 is 35.5 Å². The van der Waals surface area contributed by atoms with Gasteiger partial charge in [-0.1, -0.05) is 0 Å². The highest BCUT2D eigenvalue weighted by Gasteiger charge is 2.68. The minimum Gasteiger partial charge on any atom is -0.506 e. The number of Topliss-reactive ketones (excluding diaryl/α,β-unsaturated/α-hetero) is 4. The van der Waals surface area contributed by atoms with E-state index in [0.717, 1.165) is 26.2 Å². The zero-order valence-electron chi connectivity index (χ0n) is 25.8. The number of nitrogens with two attached hydrogens (primary N) is 1. The third-order valence-electron chi connectivity index (χ3n) is 10.2. The minimum atomic E-state index is -2.77. The number of anilines is 1. The predicted molar refractivity (Wildman–Crippen MR) is 162 cm³/mol. The van der Waals surface area contributed by atoms with Crippen LogP contribution in [0.5, 0.6) is 5.75 Å². The molecule has 3 fully saturated rings. The largest absolute Gasteiger partial charge is 0.506 e. The van der Waals surface area contributed by atoms with Gasteiger partial charge in [0.05, 0.1) is 29.6 Å². The molecule has 45 heavy (non-hydrogen) atoms. The number of fused-ring (bicyclic) bond motifs is 3. The summed E-state index contributed by atoms with van der Waals surface area (Å²) in [7, 11) is 7.12. The van der Waals surface area contributed by atoms with Crippen LogP contribution in [0.1, 0.15) is 28.1 Å². The van der Waals surface area contributed by atoms with Gasteiger partial charge in [-0.05, 0) is 56.6 Å². The van der Waals surface area contributed by atoms with Gasteiger partial charge in [0, 0.05) is 51.9 Å². The molecule has 13 nitrogen and oxygen atoms in total. The number of aromatic hydroxyl groups is 1. The molecule has 13 heteroatoms. The SMILES string of the molecule is CN[C@@H]1C(=O)C(C(N)=O)C(=O)[C@@]2(O)C(=O)C3C(=O)c4c(O)c(-c5ccc(CN6CCN(C)CC6)o5)cc(N(C)C)c4C[C@H]3C[C@@H]12. The zero-order valence-corrected chi connectivity index (χ0v) is 25.8. The molecule has 1 aliphatic heterocycles. The molecule has 6 atom stereocenters. The van der Waals surface area contributed by atoms with Crippen LogP contribution >= 0.6 is 0 Å². The third kappa shape index (κ3) is 4.71. The molecule has 2 heterocycles. The Balaban J connectivity index is 1.40. The number of hydrogen-bond acceptors (Lipinski definition) is 12. The Bertz CT molecular complexity index is 1610. The van der Waals surface area contributed by atoms with Crippen molar-refractivity contribution in [3.05, 3.63) is 35.1 Å². The summed E-state index contributed by atoms with van der Waals surface area (Å²) in [6.45, 7) is 4.28. The van der Waals surface area contributed by atoms with E-state index in [9.17, 15) is 34.2 Å². The summed E-state index contributed by atoms with van der Waals surface area (Å²) < 4.78 is 6.16. The van der Waals surface area contributed by atoms with Gasteiger partial charge >= 0.3 is 0 Å². The summed E-state index contributed by atoms with van der Waals surface area (Å²) in [5.74, 6) is -9.82. The fourth-order valence-corrected chi connectivity index (χ4v) is 7.83. The van der Waals surface area contributed by atoms with Gasteiger partial charge in [-0.25, -0.2) is 0 Å². The first-order valence-electron chi connectivity index (χ1n) is 15.2. The number of amides is 1. The number of phenolic OH excluding ortho intramolecular Hbond substituents is 1. The number of benzene rings is 1. The lowest BCUT2D eigenvalue weighted by atomic mass is 9.52. The highest BCUT2D eigenvalue weighted by molar-refractivity contribution is 6.32. The van der Waals surface area contributed by atoms with Crippen molar-refractivity contribution in [1.29, 1.82) is 0 Å². The molecule has 4 aliphatic rings. The molecule has 0 bridgehead atoms. The van der Waals surface area contributed by atoms with E-state index in [-0.39, 0.29) is 29.7 Å². The van der Waals surface area contributed by atoms with E-state index < -0.39 is 64.4 Å². The Morgan fingerprint density at radius 3 is 2.44 bits per heavy atom. The fraction of sp³-hybridized carbons (Fsp3) is 0.531. The molecule has 0 spiro atoms. The average Bonchev–Trinajstić information content (AvgIpc) is 3.44. The summed E-state index contributed by atoms with van der Waals surface area (Å²) >= 11 is 0. The normalized spacial score (nSPS) is 30.6. The molecule has 2 aromatic rings. The second-order valence-corrected chi connectivity index (χ2v) is 13.0. The number of ketones is 4. The molecule has 1 amide bonds. The Morgan fingerprint density at radius 1 is 1.13 bits per heavy atom. The van der Waals surface area contributed by atoms with E-state index in [1.54, 1.807) is 26.2 Å². The first-order valence-corrected chi connectivity index (χ1v) is 15.2. The maximum Gasteiger partial charge on any atom is 0.235 e. The first-order chi connectivity index (χ1) is 21.3. The van der Waals surface area contributed by atoms with Gasteiger partial charge in [0.2, 0.25) is 5.91 Å². The van der Waals surface area contributed by atoms with Crippen LogP contribution in [0.4, 0.5) is 5.69 Å². The minimum absolute atomic E-state index is 0.0181. The Kier molecular flexibility index (Phi) is 7.71. The second kappa shape index (κ2) is 11.2. The highest BCUT2D eigenvalue weighted by Crippen LogP contribution is 2.52. The van der Waals surface area contributed by atoms with Crippen LogP contribution in [0.3, 0.4) is 0 Å². The monoisotopic (exact) mass is 621 g/mol. The predicted octanol–water partition coefficient (Wildman–Crippen LogP) is -0.402.